The molecule has 0 saturated heterocycles. The number of hydrogen-bond donors (Lipinski definition) is 0. The summed E-state index contributed by atoms with van der Waals surface area (Å²) in [5, 5.41) is 5.30. The van der Waals surface area contributed by atoms with E-state index in [9.17, 15) is 0 Å². The van der Waals surface area contributed by atoms with Crippen LogP contribution in [0.15, 0.2) is 59.6 Å². The molecule has 1 atom stereocenters. The molecule has 0 radical (unpaired) electrons. The first-order valence-corrected chi connectivity index (χ1v) is 10.4. The van der Waals surface area contributed by atoms with E-state index in [4.69, 9.17) is 4.99 Å². The number of fused-ring (bicyclic) bond motifs is 3. The second-order valence-corrected chi connectivity index (χ2v) is 8.99. The van der Waals surface area contributed by atoms with Gasteiger partial charge in [-0.25, -0.2) is 0 Å². The van der Waals surface area contributed by atoms with Crippen LogP contribution in [0.4, 0.5) is 11.4 Å². The topological polar surface area (TPSA) is 15.6 Å². The zero-order valence-electron chi connectivity index (χ0n) is 17.5. The minimum Gasteiger partial charge on any atom is -0.354 e. The van der Waals surface area contributed by atoms with Crippen LogP contribution in [-0.2, 0) is 5.41 Å². The normalized spacial score (nSPS) is 22.9. The van der Waals surface area contributed by atoms with Gasteiger partial charge in [-0.3, -0.25) is 4.99 Å². The molecule has 3 aromatic carbocycles. The molecule has 0 bridgehead atoms. The summed E-state index contributed by atoms with van der Waals surface area (Å²) in [7, 11) is 0. The van der Waals surface area contributed by atoms with Crippen molar-refractivity contribution in [2.45, 2.75) is 52.0 Å². The summed E-state index contributed by atoms with van der Waals surface area (Å²) in [4.78, 5) is 7.72. The minimum atomic E-state index is -0.112. The molecule has 142 valence electrons. The molecule has 0 N–H and O–H groups in total. The lowest BCUT2D eigenvalue weighted by Crippen LogP contribution is -2.61. The molecular formula is C26H28N2. The maximum Gasteiger partial charge on any atom is 0.0948 e. The maximum absolute atomic E-state index is 5.09. The smallest absolute Gasteiger partial charge is 0.0948 e. The molecule has 0 amide bonds. The largest absolute Gasteiger partial charge is 0.354 e. The van der Waals surface area contributed by atoms with E-state index in [0.29, 0.717) is 0 Å². The minimum absolute atomic E-state index is 0.0253. The van der Waals surface area contributed by atoms with Gasteiger partial charge in [0.05, 0.1) is 23.5 Å². The summed E-state index contributed by atoms with van der Waals surface area (Å²) in [6.45, 7) is 12.5. The van der Waals surface area contributed by atoms with Crippen LogP contribution in [0.2, 0.25) is 0 Å². The van der Waals surface area contributed by atoms with Gasteiger partial charge < -0.3 is 4.90 Å². The number of rotatable bonds is 2. The van der Waals surface area contributed by atoms with Gasteiger partial charge in [-0.1, -0.05) is 75.4 Å². The highest BCUT2D eigenvalue weighted by molar-refractivity contribution is 6.23. The van der Waals surface area contributed by atoms with E-state index >= 15 is 0 Å². The molecule has 0 spiro atoms. The first kappa shape index (κ1) is 17.5. The third-order valence-corrected chi connectivity index (χ3v) is 7.13. The number of allylic oxidation sites excluding steroid dienone is 1. The van der Waals surface area contributed by atoms with Crippen LogP contribution in [0.3, 0.4) is 0 Å². The highest BCUT2D eigenvalue weighted by Gasteiger charge is 2.51. The van der Waals surface area contributed by atoms with E-state index in [-0.39, 0.29) is 11.0 Å². The lowest BCUT2D eigenvalue weighted by Gasteiger charge is -2.56. The second-order valence-electron chi connectivity index (χ2n) is 8.99. The third-order valence-electron chi connectivity index (χ3n) is 7.13. The van der Waals surface area contributed by atoms with E-state index in [1.54, 1.807) is 0 Å². The molecule has 2 nitrogen and oxygen atoms in total. The average molecular weight is 369 g/mol. The van der Waals surface area contributed by atoms with Gasteiger partial charge in [-0.05, 0) is 36.6 Å². The molecule has 0 saturated carbocycles. The van der Waals surface area contributed by atoms with E-state index in [2.05, 4.69) is 94.1 Å². The van der Waals surface area contributed by atoms with E-state index in [1.807, 2.05) is 0 Å². The molecular weight excluding hydrogens is 340 g/mol. The van der Waals surface area contributed by atoms with Crippen molar-refractivity contribution in [3.63, 3.8) is 0 Å². The van der Waals surface area contributed by atoms with Crippen molar-refractivity contribution in [1.29, 1.82) is 0 Å². The fourth-order valence-electron chi connectivity index (χ4n) is 5.29. The average Bonchev–Trinajstić information content (AvgIpc) is 2.70. The maximum atomic E-state index is 5.09. The van der Waals surface area contributed by atoms with E-state index in [0.717, 1.165) is 18.7 Å². The summed E-state index contributed by atoms with van der Waals surface area (Å²) >= 11 is 0. The van der Waals surface area contributed by atoms with Crippen LogP contribution in [-0.4, -0.2) is 17.8 Å². The molecule has 0 fully saturated rings. The molecule has 2 heterocycles. The Bertz CT molecular complexity index is 1180. The fraction of sp³-hybridized carbons (Fsp3) is 0.346. The van der Waals surface area contributed by atoms with Gasteiger partial charge in [-0.2, -0.15) is 0 Å². The van der Waals surface area contributed by atoms with Crippen molar-refractivity contribution in [2.24, 2.45) is 4.99 Å². The van der Waals surface area contributed by atoms with Crippen molar-refractivity contribution in [1.82, 2.24) is 0 Å². The van der Waals surface area contributed by atoms with Gasteiger partial charge in [0.15, 0.2) is 0 Å². The van der Waals surface area contributed by atoms with Crippen molar-refractivity contribution in [2.75, 3.05) is 11.4 Å². The van der Waals surface area contributed by atoms with Gasteiger partial charge in [-0.15, -0.1) is 0 Å². The molecule has 3 aromatic rings. The van der Waals surface area contributed by atoms with Crippen LogP contribution >= 0.6 is 0 Å². The third kappa shape index (κ3) is 2.01. The highest BCUT2D eigenvalue weighted by atomic mass is 15.2. The van der Waals surface area contributed by atoms with Crippen molar-refractivity contribution < 1.29 is 0 Å². The lowest BCUT2D eigenvalue weighted by molar-refractivity contribution is 0.321. The molecule has 2 aliphatic heterocycles. The Labute approximate surface area is 167 Å². The van der Waals surface area contributed by atoms with Crippen molar-refractivity contribution in [3.8, 4) is 0 Å². The Balaban J connectivity index is 2.03. The highest BCUT2D eigenvalue weighted by Crippen LogP contribution is 2.57. The van der Waals surface area contributed by atoms with Gasteiger partial charge in [0.1, 0.15) is 0 Å². The Morgan fingerprint density at radius 1 is 1.00 bits per heavy atom. The van der Waals surface area contributed by atoms with Crippen molar-refractivity contribution in [3.05, 3.63) is 60.2 Å². The van der Waals surface area contributed by atoms with E-state index in [1.165, 1.54) is 38.5 Å². The molecule has 0 aromatic heterocycles. The zero-order chi connectivity index (χ0) is 19.7. The Morgan fingerprint density at radius 2 is 1.71 bits per heavy atom. The van der Waals surface area contributed by atoms with Crippen molar-refractivity contribution >= 4 is 38.6 Å². The first-order chi connectivity index (χ1) is 13.4. The van der Waals surface area contributed by atoms with Crippen LogP contribution < -0.4 is 4.90 Å². The predicted octanol–water partition coefficient (Wildman–Crippen LogP) is 6.92. The summed E-state index contributed by atoms with van der Waals surface area (Å²) in [6.07, 6.45) is 5.81. The lowest BCUT2D eigenvalue weighted by atomic mass is 9.63. The summed E-state index contributed by atoms with van der Waals surface area (Å²) in [6, 6.07) is 15.6. The molecule has 1 unspecified atom stereocenters. The monoisotopic (exact) mass is 368 g/mol. The number of anilines is 1. The number of aliphatic imine (C=N–C) groups is 1. The zero-order valence-corrected chi connectivity index (χ0v) is 17.5. The molecule has 5 rings (SSSR count). The molecule has 0 aliphatic carbocycles. The number of nitrogens with zero attached hydrogens (tertiary/aromatic N) is 2. The Morgan fingerprint density at radius 3 is 2.46 bits per heavy atom. The van der Waals surface area contributed by atoms with Gasteiger partial charge in [0.25, 0.3) is 0 Å². The summed E-state index contributed by atoms with van der Waals surface area (Å²) < 4.78 is 0. The quantitative estimate of drug-likeness (QED) is 0.354. The summed E-state index contributed by atoms with van der Waals surface area (Å²) in [5.41, 5.74) is 4.94. The number of benzene rings is 3. The molecule has 2 heteroatoms. The standard InChI is InChI=1S/C26H28N2/c1-6-7-15-26(5)25(3,4)21-14-10-13-19-18-11-8-9-12-20(18)23-24(22(19)21)28(26)16-17(2)27-23/h7-15H,6,16H2,1-5H3. The van der Waals surface area contributed by atoms with E-state index < -0.39 is 0 Å². The molecule has 28 heavy (non-hydrogen) atoms. The first-order valence-electron chi connectivity index (χ1n) is 10.4. The van der Waals surface area contributed by atoms with Gasteiger partial charge >= 0.3 is 0 Å². The van der Waals surface area contributed by atoms with Crippen LogP contribution in [0.25, 0.3) is 21.5 Å². The van der Waals surface area contributed by atoms with Crippen LogP contribution in [0.5, 0.6) is 0 Å². The Kier molecular flexibility index (Phi) is 3.56. The molecule has 2 aliphatic rings. The second kappa shape index (κ2) is 5.70. The summed E-state index contributed by atoms with van der Waals surface area (Å²) in [5.74, 6) is 0. The fourth-order valence-corrected chi connectivity index (χ4v) is 5.29. The van der Waals surface area contributed by atoms with Crippen LogP contribution in [0, 0.1) is 0 Å². The SMILES string of the molecule is CCC=CC1(C)N2CC(C)=Nc3c2c2c(cccc2c2ccccc32)C1(C)C. The van der Waals surface area contributed by atoms with Crippen LogP contribution in [0.1, 0.15) is 46.6 Å². The number of hydrogen-bond acceptors (Lipinski definition) is 2. The Hall–Kier alpha value is -2.61. The van der Waals surface area contributed by atoms with Gasteiger partial charge in [0.2, 0.25) is 0 Å². The van der Waals surface area contributed by atoms with Gasteiger partial charge in [0, 0.05) is 21.9 Å². The predicted molar refractivity (Wildman–Crippen MR) is 122 cm³/mol.